The van der Waals surface area contributed by atoms with Gasteiger partial charge in [-0.2, -0.15) is 0 Å². The second-order valence-electron chi connectivity index (χ2n) is 3.67. The van der Waals surface area contributed by atoms with Gasteiger partial charge in [-0.05, 0) is 31.0 Å². The predicted octanol–water partition coefficient (Wildman–Crippen LogP) is 1.49. The van der Waals surface area contributed by atoms with Crippen LogP contribution in [0, 0.1) is 0 Å². The fraction of sp³-hybridized carbons (Fsp3) is 0.364. The molecule has 0 aliphatic rings. The Bertz CT molecular complexity index is 506. The molecule has 88 valence electrons. The molecule has 0 spiro atoms. The van der Waals surface area contributed by atoms with E-state index in [1.54, 1.807) is 6.07 Å². The zero-order valence-electron chi connectivity index (χ0n) is 9.36. The molecule has 0 aromatic heterocycles. The quantitative estimate of drug-likeness (QED) is 0.811. The Labute approximate surface area is 95.5 Å². The van der Waals surface area contributed by atoms with E-state index in [1.165, 1.54) is 19.1 Å². The lowest BCUT2D eigenvalue weighted by molar-refractivity contribution is 0.101. The van der Waals surface area contributed by atoms with E-state index in [0.717, 1.165) is 6.42 Å². The molecule has 0 heterocycles. The number of nitrogens with two attached hydrogens (primary N) is 1. The number of ketones is 1. The van der Waals surface area contributed by atoms with E-state index < -0.39 is 10.0 Å². The summed E-state index contributed by atoms with van der Waals surface area (Å²) in [6.07, 6.45) is 1.39. The number of rotatable bonds is 4. The van der Waals surface area contributed by atoms with Crippen LogP contribution in [-0.4, -0.2) is 14.2 Å². The van der Waals surface area contributed by atoms with Crippen LogP contribution in [0.25, 0.3) is 0 Å². The van der Waals surface area contributed by atoms with Crippen LogP contribution in [0.1, 0.15) is 36.2 Å². The van der Waals surface area contributed by atoms with Gasteiger partial charge in [0.25, 0.3) is 0 Å². The molecule has 0 radical (unpaired) electrons. The first-order valence-corrected chi connectivity index (χ1v) is 6.57. The summed E-state index contributed by atoms with van der Waals surface area (Å²) < 4.78 is 22.6. The fourth-order valence-electron chi connectivity index (χ4n) is 1.54. The van der Waals surface area contributed by atoms with Gasteiger partial charge in [-0.3, -0.25) is 4.79 Å². The Hall–Kier alpha value is -1.20. The highest BCUT2D eigenvalue weighted by atomic mass is 32.2. The maximum absolute atomic E-state index is 11.3. The smallest absolute Gasteiger partial charge is 0.238 e. The Morgan fingerprint density at radius 3 is 2.44 bits per heavy atom. The number of carbonyl (C=O) groups excluding carboxylic acids is 1. The zero-order chi connectivity index (χ0) is 12.3. The van der Waals surface area contributed by atoms with Crippen molar-refractivity contribution < 1.29 is 13.2 Å². The minimum atomic E-state index is -3.71. The van der Waals surface area contributed by atoms with Gasteiger partial charge in [0.2, 0.25) is 10.0 Å². The summed E-state index contributed by atoms with van der Waals surface area (Å²) in [6, 6.07) is 4.49. The van der Waals surface area contributed by atoms with E-state index in [9.17, 15) is 13.2 Å². The fourth-order valence-corrected chi connectivity index (χ4v) is 2.32. The molecule has 4 nitrogen and oxygen atoms in total. The van der Waals surface area contributed by atoms with E-state index >= 15 is 0 Å². The van der Waals surface area contributed by atoms with E-state index in [1.807, 2.05) is 6.92 Å². The second kappa shape index (κ2) is 4.76. The van der Waals surface area contributed by atoms with Crippen LogP contribution >= 0.6 is 0 Å². The van der Waals surface area contributed by atoms with Gasteiger partial charge in [-0.25, -0.2) is 13.6 Å². The van der Waals surface area contributed by atoms with Gasteiger partial charge in [0, 0.05) is 5.56 Å². The first-order chi connectivity index (χ1) is 7.36. The first kappa shape index (κ1) is 12.9. The SMILES string of the molecule is CCCc1cc(C(C)=O)ccc1S(N)(=O)=O. The summed E-state index contributed by atoms with van der Waals surface area (Å²) in [5.74, 6) is -0.0849. The second-order valence-corrected chi connectivity index (χ2v) is 5.20. The van der Waals surface area contributed by atoms with Gasteiger partial charge in [0.05, 0.1) is 4.90 Å². The van der Waals surface area contributed by atoms with Crippen LogP contribution in [0.5, 0.6) is 0 Å². The molecule has 0 amide bonds. The number of benzene rings is 1. The Balaban J connectivity index is 3.36. The average molecular weight is 241 g/mol. The van der Waals surface area contributed by atoms with Crippen molar-refractivity contribution in [2.24, 2.45) is 5.14 Å². The average Bonchev–Trinajstić information content (AvgIpc) is 2.16. The molecule has 0 aliphatic carbocycles. The van der Waals surface area contributed by atoms with Crippen LogP contribution in [0.15, 0.2) is 23.1 Å². The molecule has 1 aromatic rings. The molecule has 16 heavy (non-hydrogen) atoms. The van der Waals surface area contributed by atoms with E-state index in [2.05, 4.69) is 0 Å². The van der Waals surface area contributed by atoms with Crippen LogP contribution in [0.2, 0.25) is 0 Å². The van der Waals surface area contributed by atoms with Crippen molar-refractivity contribution in [2.75, 3.05) is 0 Å². The molecular weight excluding hydrogens is 226 g/mol. The standard InChI is InChI=1S/C11H15NO3S/c1-3-4-10-7-9(8(2)13)5-6-11(10)16(12,14)15/h5-7H,3-4H2,1-2H3,(H2,12,14,15). The maximum atomic E-state index is 11.3. The lowest BCUT2D eigenvalue weighted by Crippen LogP contribution is -2.15. The monoisotopic (exact) mass is 241 g/mol. The predicted molar refractivity (Wildman–Crippen MR) is 61.8 cm³/mol. The van der Waals surface area contributed by atoms with Crippen LogP contribution in [0.3, 0.4) is 0 Å². The van der Waals surface area contributed by atoms with Gasteiger partial charge < -0.3 is 0 Å². The van der Waals surface area contributed by atoms with Gasteiger partial charge in [-0.1, -0.05) is 19.4 Å². The molecule has 5 heteroatoms. The van der Waals surface area contributed by atoms with Crippen molar-refractivity contribution in [1.29, 1.82) is 0 Å². The minimum absolute atomic E-state index is 0.0849. The molecule has 0 aliphatic heterocycles. The van der Waals surface area contributed by atoms with Crippen molar-refractivity contribution in [3.63, 3.8) is 0 Å². The van der Waals surface area contributed by atoms with E-state index in [-0.39, 0.29) is 10.7 Å². The Morgan fingerprint density at radius 2 is 2.00 bits per heavy atom. The third kappa shape index (κ3) is 2.90. The Morgan fingerprint density at radius 1 is 1.38 bits per heavy atom. The Kier molecular flexibility index (Phi) is 3.83. The van der Waals surface area contributed by atoms with Gasteiger partial charge in [-0.15, -0.1) is 0 Å². The molecule has 0 saturated carbocycles. The van der Waals surface area contributed by atoms with Crippen LogP contribution in [0.4, 0.5) is 0 Å². The highest BCUT2D eigenvalue weighted by Gasteiger charge is 2.14. The van der Waals surface area contributed by atoms with Crippen molar-refractivity contribution in [1.82, 2.24) is 0 Å². The summed E-state index contributed by atoms with van der Waals surface area (Å²) in [5.41, 5.74) is 1.12. The number of sulfonamides is 1. The van der Waals surface area contributed by atoms with Crippen molar-refractivity contribution >= 4 is 15.8 Å². The van der Waals surface area contributed by atoms with Gasteiger partial charge in [0.15, 0.2) is 5.78 Å². The molecule has 0 saturated heterocycles. The molecule has 2 N–H and O–H groups in total. The van der Waals surface area contributed by atoms with Gasteiger partial charge >= 0.3 is 0 Å². The highest BCUT2D eigenvalue weighted by Crippen LogP contribution is 2.18. The summed E-state index contributed by atoms with van der Waals surface area (Å²) in [6.45, 7) is 3.38. The molecule has 0 fully saturated rings. The lowest BCUT2D eigenvalue weighted by Gasteiger charge is -2.08. The first-order valence-electron chi connectivity index (χ1n) is 5.03. The van der Waals surface area contributed by atoms with Crippen molar-refractivity contribution in [3.8, 4) is 0 Å². The highest BCUT2D eigenvalue weighted by molar-refractivity contribution is 7.89. The molecule has 1 aromatic carbocycles. The summed E-state index contributed by atoms with van der Waals surface area (Å²) in [4.78, 5) is 11.3. The molecule has 0 atom stereocenters. The lowest BCUT2D eigenvalue weighted by atomic mass is 10.0. The third-order valence-corrected chi connectivity index (χ3v) is 3.30. The van der Waals surface area contributed by atoms with E-state index in [4.69, 9.17) is 5.14 Å². The maximum Gasteiger partial charge on any atom is 0.238 e. The number of hydrogen-bond acceptors (Lipinski definition) is 3. The van der Waals surface area contributed by atoms with E-state index in [0.29, 0.717) is 17.5 Å². The largest absolute Gasteiger partial charge is 0.295 e. The summed E-state index contributed by atoms with van der Waals surface area (Å²) >= 11 is 0. The molecule has 0 bridgehead atoms. The van der Waals surface area contributed by atoms with Crippen LogP contribution < -0.4 is 5.14 Å². The third-order valence-electron chi connectivity index (χ3n) is 2.29. The number of carbonyl (C=O) groups is 1. The number of aryl methyl sites for hydroxylation is 1. The van der Waals surface area contributed by atoms with Crippen molar-refractivity contribution in [2.45, 2.75) is 31.6 Å². The molecular formula is C11H15NO3S. The number of Topliss-reactive ketones (excluding diaryl/α,β-unsaturated/α-hetero) is 1. The van der Waals surface area contributed by atoms with Crippen LogP contribution in [-0.2, 0) is 16.4 Å². The normalized spacial score (nSPS) is 11.4. The minimum Gasteiger partial charge on any atom is -0.295 e. The summed E-state index contributed by atoms with van der Waals surface area (Å²) in [5, 5.41) is 5.10. The zero-order valence-corrected chi connectivity index (χ0v) is 10.2. The summed E-state index contributed by atoms with van der Waals surface area (Å²) in [7, 11) is -3.71. The topological polar surface area (TPSA) is 77.2 Å². The van der Waals surface area contributed by atoms with Crippen molar-refractivity contribution in [3.05, 3.63) is 29.3 Å². The number of primary sulfonamides is 1. The molecule has 1 rings (SSSR count). The van der Waals surface area contributed by atoms with Gasteiger partial charge in [0.1, 0.15) is 0 Å². The number of hydrogen-bond donors (Lipinski definition) is 1. The molecule has 0 unspecified atom stereocenters.